The van der Waals surface area contributed by atoms with E-state index in [-0.39, 0.29) is 0 Å². The lowest BCUT2D eigenvalue weighted by Gasteiger charge is -2.48. The van der Waals surface area contributed by atoms with E-state index in [1.165, 1.54) is 25.7 Å². The van der Waals surface area contributed by atoms with Crippen molar-refractivity contribution >= 4 is 34.1 Å². The summed E-state index contributed by atoms with van der Waals surface area (Å²) in [4.78, 5) is 9.11. The molecule has 134 valence electrons. The van der Waals surface area contributed by atoms with Gasteiger partial charge in [-0.25, -0.2) is 0 Å². The summed E-state index contributed by atoms with van der Waals surface area (Å²) < 4.78 is 0.888. The first-order valence-corrected chi connectivity index (χ1v) is 10.2. The van der Waals surface area contributed by atoms with Crippen molar-refractivity contribution in [2.75, 3.05) is 18.0 Å². The third-order valence-electron chi connectivity index (χ3n) is 5.57. The van der Waals surface area contributed by atoms with Gasteiger partial charge in [0.1, 0.15) is 11.5 Å². The molecule has 6 nitrogen and oxygen atoms in total. The van der Waals surface area contributed by atoms with Gasteiger partial charge in [0, 0.05) is 25.3 Å². The molecule has 3 aliphatic rings. The number of hydrogen-bond acceptors (Lipinski definition) is 5. The third-order valence-corrected chi connectivity index (χ3v) is 6.39. The number of amidine groups is 1. The Hall–Kier alpha value is -1.35. The summed E-state index contributed by atoms with van der Waals surface area (Å²) in [6.45, 7) is 2.21. The summed E-state index contributed by atoms with van der Waals surface area (Å²) in [5.74, 6) is -0.455. The number of aromatic nitrogens is 1. The first-order chi connectivity index (χ1) is 12.1. The van der Waals surface area contributed by atoms with Crippen LogP contribution in [0.4, 0.5) is 5.69 Å². The fourth-order valence-electron chi connectivity index (χ4n) is 4.21. The summed E-state index contributed by atoms with van der Waals surface area (Å²) in [6, 6.07) is 4.43. The van der Waals surface area contributed by atoms with E-state index in [1.807, 2.05) is 23.4 Å². The van der Waals surface area contributed by atoms with Crippen LogP contribution in [0.2, 0.25) is 0 Å². The maximum absolute atomic E-state index is 8.59. The SMILES string of the molecule is N=C1C(I)=CNC(N)(c2ccc(N3CCCC3)cn2)N1C1CCCC1. The van der Waals surface area contributed by atoms with Gasteiger partial charge in [-0.2, -0.15) is 0 Å². The highest BCUT2D eigenvalue weighted by molar-refractivity contribution is 14.1. The lowest BCUT2D eigenvalue weighted by molar-refractivity contribution is 0.0956. The molecule has 1 saturated carbocycles. The Balaban J connectivity index is 1.66. The minimum Gasteiger partial charge on any atom is -0.370 e. The van der Waals surface area contributed by atoms with Crippen LogP contribution in [-0.2, 0) is 5.79 Å². The fourth-order valence-corrected chi connectivity index (χ4v) is 4.62. The molecule has 4 rings (SSSR count). The first-order valence-electron chi connectivity index (χ1n) is 9.11. The summed E-state index contributed by atoms with van der Waals surface area (Å²) in [6.07, 6.45) is 10.8. The molecule has 0 amide bonds. The fraction of sp³-hybridized carbons (Fsp3) is 0.556. The van der Waals surface area contributed by atoms with Crippen LogP contribution in [0.25, 0.3) is 0 Å². The standard InChI is InChI=1S/C18H25IN6/c19-15-12-23-18(21,25(17(15)20)13-5-1-2-6-13)16-8-7-14(11-22-16)24-9-3-4-10-24/h7-8,11-13,20,23H,1-6,9-10,21H2. The second kappa shape index (κ2) is 6.75. The number of nitrogens with zero attached hydrogens (tertiary/aromatic N) is 3. The quantitative estimate of drug-likeness (QED) is 0.615. The Bertz CT molecular complexity index is 675. The van der Waals surface area contributed by atoms with Crippen molar-refractivity contribution in [2.45, 2.75) is 50.4 Å². The van der Waals surface area contributed by atoms with Crippen molar-refractivity contribution in [1.82, 2.24) is 15.2 Å². The van der Waals surface area contributed by atoms with E-state index in [4.69, 9.17) is 16.1 Å². The Kier molecular flexibility index (Phi) is 4.61. The van der Waals surface area contributed by atoms with E-state index < -0.39 is 5.79 Å². The average Bonchev–Trinajstić information content (AvgIpc) is 3.33. The molecule has 1 unspecified atom stereocenters. The lowest BCUT2D eigenvalue weighted by atomic mass is 10.1. The molecule has 4 N–H and O–H groups in total. The largest absolute Gasteiger partial charge is 0.370 e. The number of anilines is 1. The Morgan fingerprint density at radius 2 is 1.92 bits per heavy atom. The highest BCUT2D eigenvalue weighted by atomic mass is 127. The smallest absolute Gasteiger partial charge is 0.210 e. The molecule has 1 atom stereocenters. The molecule has 0 aromatic carbocycles. The second-order valence-corrected chi connectivity index (χ2v) is 8.32. The molecule has 1 aromatic heterocycles. The van der Waals surface area contributed by atoms with Crippen LogP contribution in [0.5, 0.6) is 0 Å². The zero-order valence-electron chi connectivity index (χ0n) is 14.3. The van der Waals surface area contributed by atoms with Crippen molar-refractivity contribution in [3.8, 4) is 0 Å². The van der Waals surface area contributed by atoms with Gasteiger partial charge in [0.2, 0.25) is 5.79 Å². The molecule has 2 fully saturated rings. The molecule has 1 aliphatic carbocycles. The van der Waals surface area contributed by atoms with E-state index >= 15 is 0 Å². The van der Waals surface area contributed by atoms with Crippen LogP contribution in [0.3, 0.4) is 0 Å². The van der Waals surface area contributed by atoms with Crippen molar-refractivity contribution in [1.29, 1.82) is 5.41 Å². The van der Waals surface area contributed by atoms with Gasteiger partial charge in [-0.15, -0.1) is 0 Å². The minimum atomic E-state index is -0.954. The van der Waals surface area contributed by atoms with Crippen LogP contribution >= 0.6 is 22.6 Å². The first kappa shape index (κ1) is 17.1. The van der Waals surface area contributed by atoms with Crippen LogP contribution in [0.1, 0.15) is 44.2 Å². The zero-order valence-corrected chi connectivity index (χ0v) is 16.5. The molecule has 0 bridgehead atoms. The van der Waals surface area contributed by atoms with Crippen molar-refractivity contribution in [3.05, 3.63) is 33.8 Å². The van der Waals surface area contributed by atoms with Gasteiger partial charge >= 0.3 is 0 Å². The highest BCUT2D eigenvalue weighted by Gasteiger charge is 2.44. The topological polar surface area (TPSA) is 81.3 Å². The normalized spacial score (nSPS) is 27.6. The Labute approximate surface area is 162 Å². The summed E-state index contributed by atoms with van der Waals surface area (Å²) in [5.41, 5.74) is 8.74. The summed E-state index contributed by atoms with van der Waals surface area (Å²) >= 11 is 2.20. The van der Waals surface area contributed by atoms with Crippen molar-refractivity contribution < 1.29 is 0 Å². The molecule has 0 spiro atoms. The number of halogens is 1. The van der Waals surface area contributed by atoms with Gasteiger partial charge in [-0.1, -0.05) is 12.8 Å². The van der Waals surface area contributed by atoms with Gasteiger partial charge in [-0.3, -0.25) is 16.1 Å². The van der Waals surface area contributed by atoms with E-state index in [2.05, 4.69) is 38.9 Å². The van der Waals surface area contributed by atoms with Crippen LogP contribution in [0, 0.1) is 5.41 Å². The van der Waals surface area contributed by atoms with E-state index in [0.29, 0.717) is 11.9 Å². The van der Waals surface area contributed by atoms with Gasteiger partial charge in [0.25, 0.3) is 0 Å². The van der Waals surface area contributed by atoms with Crippen LogP contribution in [-0.4, -0.2) is 34.9 Å². The minimum absolute atomic E-state index is 0.295. The van der Waals surface area contributed by atoms with Gasteiger partial charge in [0.05, 0.1) is 15.5 Å². The number of rotatable bonds is 3. The molecule has 2 aliphatic heterocycles. The molecule has 3 heterocycles. The molecule has 0 radical (unpaired) electrons. The maximum atomic E-state index is 8.59. The number of nitrogens with one attached hydrogen (secondary N) is 2. The maximum Gasteiger partial charge on any atom is 0.210 e. The highest BCUT2D eigenvalue weighted by Crippen LogP contribution is 2.35. The predicted molar refractivity (Wildman–Crippen MR) is 109 cm³/mol. The number of nitrogens with two attached hydrogens (primary N) is 1. The molecular weight excluding hydrogens is 427 g/mol. The van der Waals surface area contributed by atoms with Gasteiger partial charge in [-0.05, 0) is 60.4 Å². The average molecular weight is 452 g/mol. The van der Waals surface area contributed by atoms with Crippen molar-refractivity contribution in [2.24, 2.45) is 5.73 Å². The summed E-state index contributed by atoms with van der Waals surface area (Å²) in [5, 5.41) is 11.9. The van der Waals surface area contributed by atoms with Crippen LogP contribution in [0.15, 0.2) is 28.1 Å². The Morgan fingerprint density at radius 1 is 1.20 bits per heavy atom. The molecular formula is C18H25IN6. The van der Waals surface area contributed by atoms with E-state index in [1.54, 1.807) is 0 Å². The number of pyridine rings is 1. The Morgan fingerprint density at radius 3 is 2.56 bits per heavy atom. The van der Waals surface area contributed by atoms with Crippen molar-refractivity contribution in [3.63, 3.8) is 0 Å². The third kappa shape index (κ3) is 3.01. The van der Waals surface area contributed by atoms with Crippen LogP contribution < -0.4 is 16.0 Å². The lowest BCUT2D eigenvalue weighted by Crippen LogP contribution is -2.67. The molecule has 7 heteroatoms. The van der Waals surface area contributed by atoms with Gasteiger partial charge in [0.15, 0.2) is 0 Å². The molecule has 1 saturated heterocycles. The number of hydrogen-bond donors (Lipinski definition) is 3. The van der Waals surface area contributed by atoms with E-state index in [0.717, 1.165) is 40.9 Å². The zero-order chi connectivity index (χ0) is 17.4. The molecule has 1 aromatic rings. The van der Waals surface area contributed by atoms with Gasteiger partial charge < -0.3 is 15.1 Å². The van der Waals surface area contributed by atoms with E-state index in [9.17, 15) is 0 Å². The molecule has 25 heavy (non-hydrogen) atoms. The predicted octanol–water partition coefficient (Wildman–Crippen LogP) is 2.85. The summed E-state index contributed by atoms with van der Waals surface area (Å²) in [7, 11) is 0. The monoisotopic (exact) mass is 452 g/mol. The second-order valence-electron chi connectivity index (χ2n) is 7.16.